The molecule has 194 valence electrons. The zero-order valence-electron chi connectivity index (χ0n) is 20.7. The summed E-state index contributed by atoms with van der Waals surface area (Å²) in [7, 11) is 0. The Kier molecular flexibility index (Phi) is 7.61. The second-order valence-corrected chi connectivity index (χ2v) is 8.84. The highest BCUT2D eigenvalue weighted by Gasteiger charge is 2.63. The average molecular weight is 516 g/mol. The van der Waals surface area contributed by atoms with E-state index in [-0.39, 0.29) is 12.3 Å². The minimum atomic E-state index is -1.53. The van der Waals surface area contributed by atoms with Gasteiger partial charge in [0, 0.05) is 25.3 Å². The van der Waals surface area contributed by atoms with E-state index in [9.17, 15) is 24.5 Å². The van der Waals surface area contributed by atoms with Gasteiger partial charge in [-0.3, -0.25) is 29.6 Å². The van der Waals surface area contributed by atoms with E-state index >= 15 is 0 Å². The molecule has 0 radical (unpaired) electrons. The van der Waals surface area contributed by atoms with Crippen molar-refractivity contribution in [1.82, 2.24) is 4.90 Å². The van der Waals surface area contributed by atoms with E-state index < -0.39 is 40.6 Å². The summed E-state index contributed by atoms with van der Waals surface area (Å²) in [6.45, 7) is 2.70. The lowest BCUT2D eigenvalue weighted by molar-refractivity contribution is -0.384. The first-order valence-corrected chi connectivity index (χ1v) is 11.8. The van der Waals surface area contributed by atoms with Crippen molar-refractivity contribution in [3.05, 3.63) is 112 Å². The second-order valence-electron chi connectivity index (χ2n) is 8.84. The summed E-state index contributed by atoms with van der Waals surface area (Å²) in [4.78, 5) is 54.9. The van der Waals surface area contributed by atoms with Crippen molar-refractivity contribution in [2.75, 3.05) is 0 Å². The molecule has 1 unspecified atom stereocenters. The average Bonchev–Trinajstić information content (AvgIpc) is 2.93. The number of likely N-dealkylation sites (tertiary alicyclic amines) is 1. The summed E-state index contributed by atoms with van der Waals surface area (Å²) in [6, 6.07) is 22.1. The quantitative estimate of drug-likeness (QED) is 0.139. The third-order valence-electron chi connectivity index (χ3n) is 6.10. The maximum Gasteiger partial charge on any atom is 0.334 e. The molecule has 0 spiro atoms. The molecule has 0 aliphatic carbocycles. The van der Waals surface area contributed by atoms with Crippen LogP contribution in [0.1, 0.15) is 36.6 Å². The van der Waals surface area contributed by atoms with Crippen molar-refractivity contribution >= 4 is 29.7 Å². The Morgan fingerprint density at radius 2 is 1.66 bits per heavy atom. The Bertz CT molecular complexity index is 1360. The van der Waals surface area contributed by atoms with Crippen molar-refractivity contribution in [2.45, 2.75) is 38.3 Å². The van der Waals surface area contributed by atoms with Crippen LogP contribution in [0, 0.1) is 10.1 Å². The molecular formula is C28H25N3O7. The lowest BCUT2D eigenvalue weighted by Gasteiger charge is -2.52. The van der Waals surface area contributed by atoms with Gasteiger partial charge in [-0.2, -0.15) is 0 Å². The molecule has 3 aromatic carbocycles. The van der Waals surface area contributed by atoms with Gasteiger partial charge in [-0.25, -0.2) is 4.79 Å². The number of β-lactam (4-membered cyclic amide) rings is 1. The molecule has 10 nitrogen and oxygen atoms in total. The molecule has 1 heterocycles. The Labute approximate surface area is 218 Å². The molecule has 4 rings (SSSR count). The summed E-state index contributed by atoms with van der Waals surface area (Å²) >= 11 is 0. The van der Waals surface area contributed by atoms with Crippen molar-refractivity contribution in [3.8, 4) is 0 Å². The number of aliphatic imine (C=N–C) groups is 1. The minimum absolute atomic E-state index is 0.00116. The molecule has 1 saturated heterocycles. The number of amides is 1. The van der Waals surface area contributed by atoms with Crippen LogP contribution in [0.5, 0.6) is 0 Å². The zero-order chi connectivity index (χ0) is 27.3. The van der Waals surface area contributed by atoms with Crippen LogP contribution < -0.4 is 0 Å². The Balaban J connectivity index is 1.63. The van der Waals surface area contributed by atoms with Crippen molar-refractivity contribution < 1.29 is 28.8 Å². The number of rotatable bonds is 9. The first-order valence-electron chi connectivity index (χ1n) is 11.8. The first-order chi connectivity index (χ1) is 18.2. The number of hydrogen-bond acceptors (Lipinski definition) is 8. The summed E-state index contributed by atoms with van der Waals surface area (Å²) in [5, 5.41) is 10.9. The van der Waals surface area contributed by atoms with Gasteiger partial charge in [-0.1, -0.05) is 60.7 Å². The summed E-state index contributed by atoms with van der Waals surface area (Å²) in [5.74, 6) is -1.90. The molecule has 0 aromatic heterocycles. The first kappa shape index (κ1) is 26.2. The van der Waals surface area contributed by atoms with Gasteiger partial charge in [0.2, 0.25) is 6.23 Å². The van der Waals surface area contributed by atoms with E-state index in [1.807, 2.05) is 30.3 Å². The van der Waals surface area contributed by atoms with E-state index in [0.29, 0.717) is 11.1 Å². The number of non-ortho nitro benzene ring substituents is 1. The maximum atomic E-state index is 13.6. The summed E-state index contributed by atoms with van der Waals surface area (Å²) in [6.07, 6.45) is 0.178. The summed E-state index contributed by atoms with van der Waals surface area (Å²) in [5.41, 5.74) is 0.151. The number of nitrogens with zero attached hydrogens (tertiary/aromatic N) is 3. The third kappa shape index (κ3) is 5.44. The molecule has 0 N–H and O–H groups in total. The van der Waals surface area contributed by atoms with Crippen LogP contribution >= 0.6 is 0 Å². The molecule has 0 bridgehead atoms. The Hall–Kier alpha value is -4.86. The molecular weight excluding hydrogens is 490 g/mol. The molecule has 3 atom stereocenters. The van der Waals surface area contributed by atoms with Gasteiger partial charge in [0.15, 0.2) is 11.6 Å². The minimum Gasteiger partial charge on any atom is -0.459 e. The number of nitro benzene ring substituents is 1. The highest BCUT2D eigenvalue weighted by atomic mass is 16.6. The van der Waals surface area contributed by atoms with E-state index in [2.05, 4.69) is 4.99 Å². The topological polar surface area (TPSA) is 128 Å². The van der Waals surface area contributed by atoms with Crippen LogP contribution in [0.15, 0.2) is 89.9 Å². The predicted molar refractivity (Wildman–Crippen MR) is 137 cm³/mol. The highest BCUT2D eigenvalue weighted by molar-refractivity contribution is 5.99. The van der Waals surface area contributed by atoms with Crippen LogP contribution in [-0.2, 0) is 30.5 Å². The number of hydrogen-bond donors (Lipinski definition) is 0. The zero-order valence-corrected chi connectivity index (χ0v) is 20.7. The van der Waals surface area contributed by atoms with Crippen LogP contribution in [0.4, 0.5) is 5.69 Å². The van der Waals surface area contributed by atoms with Crippen LogP contribution in [0.25, 0.3) is 0 Å². The van der Waals surface area contributed by atoms with Crippen molar-refractivity contribution in [3.63, 3.8) is 0 Å². The molecule has 10 heteroatoms. The molecule has 3 aromatic rings. The normalized spacial score (nSPS) is 19.5. The monoisotopic (exact) mass is 515 g/mol. The molecule has 1 fully saturated rings. The van der Waals surface area contributed by atoms with Gasteiger partial charge < -0.3 is 9.47 Å². The maximum absolute atomic E-state index is 13.6. The third-order valence-corrected chi connectivity index (χ3v) is 6.10. The SMILES string of the molecule is CC(=O)O[C@@H]1N(C(C(=O)OCc2ccccc2)c2ccccc2)C(=O)[C@@]1(C)N=Cc1ccc([N+](=O)[O-])cc1. The van der Waals surface area contributed by atoms with Crippen LogP contribution in [0.3, 0.4) is 0 Å². The molecule has 38 heavy (non-hydrogen) atoms. The fraction of sp³-hybridized carbons (Fsp3) is 0.214. The van der Waals surface area contributed by atoms with Crippen LogP contribution in [-0.4, -0.2) is 45.7 Å². The number of ether oxygens (including phenoxy) is 2. The predicted octanol–water partition coefficient (Wildman–Crippen LogP) is 3.99. The van der Waals surface area contributed by atoms with Crippen molar-refractivity contribution in [1.29, 1.82) is 0 Å². The number of nitro groups is 1. The Morgan fingerprint density at radius 1 is 1.05 bits per heavy atom. The van der Waals surface area contributed by atoms with Gasteiger partial charge in [0.05, 0.1) is 4.92 Å². The molecule has 1 aliphatic rings. The number of esters is 2. The van der Waals surface area contributed by atoms with Gasteiger partial charge >= 0.3 is 11.9 Å². The number of benzene rings is 3. The number of carbonyl (C=O) groups is 3. The highest BCUT2D eigenvalue weighted by Crippen LogP contribution is 2.42. The molecule has 1 aliphatic heterocycles. The lowest BCUT2D eigenvalue weighted by atomic mass is 9.85. The van der Waals surface area contributed by atoms with Gasteiger partial charge in [-0.05, 0) is 35.7 Å². The fourth-order valence-electron chi connectivity index (χ4n) is 4.12. The van der Waals surface area contributed by atoms with E-state index in [1.54, 1.807) is 30.3 Å². The molecule has 0 saturated carbocycles. The fourth-order valence-corrected chi connectivity index (χ4v) is 4.12. The lowest BCUT2D eigenvalue weighted by Crippen LogP contribution is -2.74. The van der Waals surface area contributed by atoms with Crippen molar-refractivity contribution in [2.24, 2.45) is 4.99 Å². The largest absolute Gasteiger partial charge is 0.459 e. The van der Waals surface area contributed by atoms with Gasteiger partial charge in [-0.15, -0.1) is 0 Å². The second kappa shape index (κ2) is 11.0. The van der Waals surface area contributed by atoms with E-state index in [1.165, 1.54) is 44.3 Å². The molecule has 1 amide bonds. The van der Waals surface area contributed by atoms with Crippen LogP contribution in [0.2, 0.25) is 0 Å². The van der Waals surface area contributed by atoms with E-state index in [0.717, 1.165) is 10.5 Å². The number of carbonyl (C=O) groups excluding carboxylic acids is 3. The smallest absolute Gasteiger partial charge is 0.334 e. The van der Waals surface area contributed by atoms with Gasteiger partial charge in [0.1, 0.15) is 6.61 Å². The summed E-state index contributed by atoms with van der Waals surface area (Å²) < 4.78 is 11.1. The van der Waals surface area contributed by atoms with Gasteiger partial charge in [0.25, 0.3) is 11.6 Å². The standard InChI is InChI=1S/C28H25N3O7/c1-19(32)38-27-28(2,29-17-20-13-15-23(16-14-20)31(35)36)26(34)30(27)24(22-11-7-4-8-12-22)25(33)37-18-21-9-5-3-6-10-21/h3-17,24,27H,18H2,1-2H3/t24?,27-,28+/m0/s1. The Morgan fingerprint density at radius 3 is 2.24 bits per heavy atom. The van der Waals surface area contributed by atoms with E-state index in [4.69, 9.17) is 9.47 Å².